The van der Waals surface area contributed by atoms with Crippen LogP contribution in [0.25, 0.3) is 0 Å². The van der Waals surface area contributed by atoms with Crippen molar-refractivity contribution in [2.75, 3.05) is 18.5 Å². The third-order valence-electron chi connectivity index (χ3n) is 9.23. The number of hydrogen-bond acceptors (Lipinski definition) is 11. The van der Waals surface area contributed by atoms with Crippen LogP contribution >= 0.6 is 0 Å². The number of nitrogens with one attached hydrogen (secondary N) is 3. The number of nitrogens with zero attached hydrogens (tertiary/aromatic N) is 2. The molecule has 0 aromatic heterocycles. The molecule has 1 aromatic carbocycles. The molecule has 15 heteroatoms. The van der Waals surface area contributed by atoms with Crippen LogP contribution in [-0.2, 0) is 34.2 Å². The number of rotatable bonds is 9. The Hall–Kier alpha value is -3.45. The highest BCUT2D eigenvalue weighted by atomic mass is 19.4. The molecule has 1 aromatic rings. The second-order valence-corrected chi connectivity index (χ2v) is 14.6. The molecule has 0 saturated carbocycles. The lowest BCUT2D eigenvalue weighted by atomic mass is 9.70. The van der Waals surface area contributed by atoms with Crippen molar-refractivity contribution in [2.45, 2.75) is 121 Å². The van der Waals surface area contributed by atoms with Crippen LogP contribution in [-0.4, -0.2) is 82.8 Å². The highest BCUT2D eigenvalue weighted by molar-refractivity contribution is 5.82. The molecular weight excluding hydrogens is 635 g/mol. The minimum absolute atomic E-state index is 0.0226. The lowest BCUT2D eigenvalue weighted by Gasteiger charge is -2.47. The number of piperidine rings is 1. The lowest BCUT2D eigenvalue weighted by Crippen LogP contribution is -2.63. The summed E-state index contributed by atoms with van der Waals surface area (Å²) in [6.07, 6.45) is -6.19. The Morgan fingerprint density at radius 2 is 1.81 bits per heavy atom. The van der Waals surface area contributed by atoms with E-state index in [-0.39, 0.29) is 25.0 Å². The van der Waals surface area contributed by atoms with Gasteiger partial charge in [0.25, 0.3) is 0 Å². The maximum Gasteiger partial charge on any atom is 0.422 e. The fourth-order valence-electron chi connectivity index (χ4n) is 6.72. The second-order valence-electron chi connectivity index (χ2n) is 14.6. The topological polar surface area (TPSA) is 162 Å². The molecule has 0 spiro atoms. The molecule has 4 rings (SSSR count). The zero-order valence-corrected chi connectivity index (χ0v) is 28.4. The maximum atomic E-state index is 14.5. The van der Waals surface area contributed by atoms with Gasteiger partial charge in [-0.05, 0) is 85.4 Å². The standard InChI is InChI=1S/C33H46F3N5O7/c1-19(2)47-28(44)30(6,7)32(45,33(34,35)36)20-8-10-21(11-9-20)39-25-24-22(13-17-38-26(24)42)41(40-25)31(15-16-37)14-12-23(46-18-31)27(43)48-29(3,4)5/h8-11,19,22-25,39-40,45H,12-15,17-18H2,1-7H3,(H,38,42)/t22?,23-,24?,25?,31-,32?/m0/s1. The molecule has 48 heavy (non-hydrogen) atoms. The van der Waals surface area contributed by atoms with Crippen LogP contribution in [0, 0.1) is 22.7 Å². The second kappa shape index (κ2) is 13.5. The number of carbonyl (C=O) groups excluding carboxylic acids is 3. The van der Waals surface area contributed by atoms with Gasteiger partial charge in [-0.25, -0.2) is 15.2 Å². The average Bonchev–Trinajstić information content (AvgIpc) is 3.35. The molecule has 0 bridgehead atoms. The van der Waals surface area contributed by atoms with Gasteiger partial charge in [0.15, 0.2) is 6.10 Å². The van der Waals surface area contributed by atoms with Gasteiger partial charge in [-0.2, -0.15) is 18.4 Å². The summed E-state index contributed by atoms with van der Waals surface area (Å²) < 4.78 is 60.1. The van der Waals surface area contributed by atoms with Crippen LogP contribution in [0.2, 0.25) is 0 Å². The number of ether oxygens (including phenoxy) is 3. The van der Waals surface area contributed by atoms with Gasteiger partial charge in [0, 0.05) is 18.3 Å². The molecule has 3 heterocycles. The van der Waals surface area contributed by atoms with E-state index in [1.54, 1.807) is 20.8 Å². The number of benzene rings is 1. The number of aliphatic hydroxyl groups is 1. The molecule has 0 aliphatic carbocycles. The number of nitriles is 1. The number of alkyl halides is 3. The normalized spacial score (nSPS) is 28.1. The molecule has 4 N–H and O–H groups in total. The quantitative estimate of drug-likeness (QED) is 0.282. The first-order chi connectivity index (χ1) is 22.2. The van der Waals surface area contributed by atoms with E-state index in [9.17, 15) is 37.9 Å². The molecular formula is C33H46F3N5O7. The zero-order chi connectivity index (χ0) is 35.9. The van der Waals surface area contributed by atoms with E-state index >= 15 is 0 Å². The first-order valence-electron chi connectivity index (χ1n) is 16.1. The number of fused-ring (bicyclic) bond motifs is 1. The first kappa shape index (κ1) is 37.4. The number of hydrazine groups is 1. The summed E-state index contributed by atoms with van der Waals surface area (Å²) in [5.74, 6) is -2.60. The molecule has 3 fully saturated rings. The highest BCUT2D eigenvalue weighted by Gasteiger charge is 2.67. The molecule has 6 atom stereocenters. The number of hydrogen-bond donors (Lipinski definition) is 4. The maximum absolute atomic E-state index is 14.5. The van der Waals surface area contributed by atoms with Crippen LogP contribution in [0.3, 0.4) is 0 Å². The van der Waals surface area contributed by atoms with Gasteiger partial charge in [0.1, 0.15) is 17.2 Å². The van der Waals surface area contributed by atoms with Crippen LogP contribution < -0.4 is 16.1 Å². The number of carbonyl (C=O) groups is 3. The summed E-state index contributed by atoms with van der Waals surface area (Å²) >= 11 is 0. The zero-order valence-electron chi connectivity index (χ0n) is 28.4. The van der Waals surface area contributed by atoms with Gasteiger partial charge in [-0.15, -0.1) is 0 Å². The molecule has 1 amide bonds. The van der Waals surface area contributed by atoms with E-state index in [1.165, 1.54) is 26.0 Å². The SMILES string of the molecule is CC(C)OC(=O)C(C)(C)C(O)(c1ccc(NC2NN([C@]3(CC#N)CC[C@@H](C(=O)OC(C)(C)C)OC3)C3CCNC(=O)C23)cc1)C(F)(F)F. The molecule has 3 saturated heterocycles. The lowest BCUT2D eigenvalue weighted by molar-refractivity contribution is -0.304. The van der Waals surface area contributed by atoms with Crippen LogP contribution in [0.5, 0.6) is 0 Å². The Morgan fingerprint density at radius 1 is 1.17 bits per heavy atom. The summed E-state index contributed by atoms with van der Waals surface area (Å²) in [6, 6.07) is 6.67. The Kier molecular flexibility index (Phi) is 10.5. The van der Waals surface area contributed by atoms with E-state index in [4.69, 9.17) is 14.2 Å². The van der Waals surface area contributed by atoms with Crippen LogP contribution in [0.4, 0.5) is 18.9 Å². The molecule has 266 valence electrons. The molecule has 0 radical (unpaired) electrons. The highest BCUT2D eigenvalue weighted by Crippen LogP contribution is 2.52. The Labute approximate surface area is 278 Å². The van der Waals surface area contributed by atoms with Gasteiger partial charge < -0.3 is 30.0 Å². The predicted octanol–water partition coefficient (Wildman–Crippen LogP) is 3.65. The van der Waals surface area contributed by atoms with Crippen molar-refractivity contribution in [3.05, 3.63) is 29.8 Å². The largest absolute Gasteiger partial charge is 0.462 e. The summed E-state index contributed by atoms with van der Waals surface area (Å²) in [5, 5.41) is 28.9. The smallest absolute Gasteiger partial charge is 0.422 e. The van der Waals surface area contributed by atoms with Crippen molar-refractivity contribution in [3.63, 3.8) is 0 Å². The molecule has 3 aliphatic rings. The minimum atomic E-state index is -5.23. The number of amides is 1. The van der Waals surface area contributed by atoms with Gasteiger partial charge in [-0.1, -0.05) is 12.1 Å². The van der Waals surface area contributed by atoms with Crippen molar-refractivity contribution in [1.29, 1.82) is 5.26 Å². The number of anilines is 1. The van der Waals surface area contributed by atoms with Gasteiger partial charge in [-0.3, -0.25) is 9.59 Å². The van der Waals surface area contributed by atoms with Crippen LogP contribution in [0.1, 0.15) is 79.7 Å². The van der Waals surface area contributed by atoms with Crippen molar-refractivity contribution in [2.24, 2.45) is 11.3 Å². The van der Waals surface area contributed by atoms with E-state index in [0.29, 0.717) is 31.5 Å². The molecule has 4 unspecified atom stereocenters. The van der Waals surface area contributed by atoms with Gasteiger partial charge in [0.05, 0.1) is 36.7 Å². The van der Waals surface area contributed by atoms with Gasteiger partial charge in [0.2, 0.25) is 11.5 Å². The van der Waals surface area contributed by atoms with Gasteiger partial charge >= 0.3 is 18.1 Å². The third-order valence-corrected chi connectivity index (χ3v) is 9.23. The van der Waals surface area contributed by atoms with Crippen LogP contribution in [0.15, 0.2) is 24.3 Å². The fraction of sp³-hybridized carbons (Fsp3) is 0.697. The van der Waals surface area contributed by atoms with E-state index in [1.807, 2.05) is 5.01 Å². The fourth-order valence-corrected chi connectivity index (χ4v) is 6.72. The summed E-state index contributed by atoms with van der Waals surface area (Å²) in [5.41, 5.74) is -4.44. The average molecular weight is 682 g/mol. The summed E-state index contributed by atoms with van der Waals surface area (Å²) in [6.45, 7) is 10.7. The summed E-state index contributed by atoms with van der Waals surface area (Å²) in [4.78, 5) is 38.7. The van der Waals surface area contributed by atoms with Crippen molar-refractivity contribution >= 4 is 23.5 Å². The van der Waals surface area contributed by atoms with E-state index in [0.717, 1.165) is 26.0 Å². The van der Waals surface area contributed by atoms with E-state index in [2.05, 4.69) is 22.1 Å². The molecule has 12 nitrogen and oxygen atoms in total. The van der Waals surface area contributed by atoms with Crippen molar-refractivity contribution in [1.82, 2.24) is 15.8 Å². The van der Waals surface area contributed by atoms with Crippen molar-refractivity contribution in [3.8, 4) is 6.07 Å². The molecule has 3 aliphatic heterocycles. The number of halogens is 3. The van der Waals surface area contributed by atoms with E-state index < -0.39 is 70.1 Å². The van der Waals surface area contributed by atoms with Crippen molar-refractivity contribution < 1.29 is 46.9 Å². The Balaban J connectivity index is 1.59. The first-order valence-corrected chi connectivity index (χ1v) is 16.1. The third kappa shape index (κ3) is 7.12. The Morgan fingerprint density at radius 3 is 2.33 bits per heavy atom. The monoisotopic (exact) mass is 681 g/mol. The number of esters is 2. The Bertz CT molecular complexity index is 1400. The predicted molar refractivity (Wildman–Crippen MR) is 166 cm³/mol. The summed E-state index contributed by atoms with van der Waals surface area (Å²) in [7, 11) is 0. The minimum Gasteiger partial charge on any atom is -0.462 e.